The van der Waals surface area contributed by atoms with Gasteiger partial charge >= 0.3 is 0 Å². The van der Waals surface area contributed by atoms with Crippen molar-refractivity contribution < 1.29 is 4.79 Å². The first-order valence-corrected chi connectivity index (χ1v) is 7.49. The Morgan fingerprint density at radius 1 is 1.39 bits per heavy atom. The van der Waals surface area contributed by atoms with E-state index in [2.05, 4.69) is 22.9 Å². The molecular formula is C14H17BrClNO. The van der Waals surface area contributed by atoms with Gasteiger partial charge in [-0.2, -0.15) is 0 Å². The molecular weight excluding hydrogens is 314 g/mol. The van der Waals surface area contributed by atoms with Gasteiger partial charge in [0.2, 0.25) is 0 Å². The Morgan fingerprint density at radius 3 is 2.89 bits per heavy atom. The number of carbonyl (C=O) groups is 1. The highest BCUT2D eigenvalue weighted by Gasteiger charge is 2.20. The monoisotopic (exact) mass is 329 g/mol. The maximum absolute atomic E-state index is 12.4. The summed E-state index contributed by atoms with van der Waals surface area (Å²) >= 11 is 9.37. The van der Waals surface area contributed by atoms with Gasteiger partial charge in [0, 0.05) is 23.1 Å². The van der Waals surface area contributed by atoms with Crippen molar-refractivity contribution in [3.63, 3.8) is 0 Å². The van der Waals surface area contributed by atoms with Crippen LogP contribution < -0.4 is 0 Å². The fourth-order valence-corrected chi connectivity index (χ4v) is 2.70. The van der Waals surface area contributed by atoms with Crippen LogP contribution in [0.5, 0.6) is 0 Å². The molecule has 0 aromatic heterocycles. The van der Waals surface area contributed by atoms with E-state index in [9.17, 15) is 4.79 Å². The molecule has 1 aromatic carbocycles. The van der Waals surface area contributed by atoms with Crippen molar-refractivity contribution in [1.82, 2.24) is 4.90 Å². The average molecular weight is 331 g/mol. The summed E-state index contributed by atoms with van der Waals surface area (Å²) < 4.78 is 0.824. The Morgan fingerprint density at radius 2 is 2.17 bits per heavy atom. The molecule has 1 fully saturated rings. The maximum atomic E-state index is 12.4. The van der Waals surface area contributed by atoms with Crippen molar-refractivity contribution in [2.45, 2.75) is 26.2 Å². The number of hydrogen-bond donors (Lipinski definition) is 0. The van der Waals surface area contributed by atoms with E-state index in [4.69, 9.17) is 11.6 Å². The average Bonchev–Trinajstić information content (AvgIpc) is 2.57. The van der Waals surface area contributed by atoms with E-state index < -0.39 is 0 Å². The van der Waals surface area contributed by atoms with Crippen molar-refractivity contribution in [3.8, 4) is 0 Å². The van der Waals surface area contributed by atoms with Crippen LogP contribution in [-0.4, -0.2) is 23.9 Å². The zero-order chi connectivity index (χ0) is 13.1. The van der Waals surface area contributed by atoms with Crippen molar-refractivity contribution in [1.29, 1.82) is 0 Å². The summed E-state index contributed by atoms with van der Waals surface area (Å²) in [6.45, 7) is 3.97. The summed E-state index contributed by atoms with van der Waals surface area (Å²) in [7, 11) is 0. The second-order valence-electron chi connectivity index (χ2n) is 4.96. The van der Waals surface area contributed by atoms with E-state index in [0.717, 1.165) is 36.3 Å². The molecule has 1 aliphatic rings. The van der Waals surface area contributed by atoms with E-state index in [1.807, 2.05) is 17.0 Å². The van der Waals surface area contributed by atoms with E-state index in [0.29, 0.717) is 10.6 Å². The number of likely N-dealkylation sites (tertiary alicyclic amines) is 1. The maximum Gasteiger partial charge on any atom is 0.253 e. The highest BCUT2D eigenvalue weighted by atomic mass is 79.9. The number of hydrogen-bond acceptors (Lipinski definition) is 1. The lowest BCUT2D eigenvalue weighted by Gasteiger charge is -2.20. The zero-order valence-corrected chi connectivity index (χ0v) is 12.8. The first-order valence-electron chi connectivity index (χ1n) is 6.32. The van der Waals surface area contributed by atoms with Crippen molar-refractivity contribution in [2.75, 3.05) is 13.1 Å². The minimum Gasteiger partial charge on any atom is -0.339 e. The third kappa shape index (κ3) is 3.27. The molecule has 98 valence electrons. The van der Waals surface area contributed by atoms with Gasteiger partial charge in [0.1, 0.15) is 0 Å². The van der Waals surface area contributed by atoms with Crippen LogP contribution in [0.4, 0.5) is 0 Å². The third-order valence-electron chi connectivity index (χ3n) is 3.47. The van der Waals surface area contributed by atoms with E-state index in [1.165, 1.54) is 6.42 Å². The SMILES string of the molecule is CC1CCCN(C(=O)c2ccc(Br)c(Cl)c2)CC1. The topological polar surface area (TPSA) is 20.3 Å². The van der Waals surface area contributed by atoms with Gasteiger partial charge in [-0.05, 0) is 59.3 Å². The van der Waals surface area contributed by atoms with Crippen LogP contribution >= 0.6 is 27.5 Å². The van der Waals surface area contributed by atoms with E-state index in [-0.39, 0.29) is 5.91 Å². The molecule has 4 heteroatoms. The van der Waals surface area contributed by atoms with Gasteiger partial charge in [-0.15, -0.1) is 0 Å². The standard InChI is InChI=1S/C14H17BrClNO/c1-10-3-2-7-17(8-6-10)14(18)11-4-5-12(15)13(16)9-11/h4-5,9-10H,2-3,6-8H2,1H3. The molecule has 2 nitrogen and oxygen atoms in total. The molecule has 1 amide bonds. The lowest BCUT2D eigenvalue weighted by atomic mass is 10.0. The molecule has 18 heavy (non-hydrogen) atoms. The van der Waals surface area contributed by atoms with Gasteiger partial charge in [-0.25, -0.2) is 0 Å². The Balaban J connectivity index is 2.12. The summed E-state index contributed by atoms with van der Waals surface area (Å²) in [6, 6.07) is 5.39. The van der Waals surface area contributed by atoms with Crippen LogP contribution in [0.3, 0.4) is 0 Å². The van der Waals surface area contributed by atoms with Gasteiger partial charge in [0.05, 0.1) is 5.02 Å². The number of carbonyl (C=O) groups excluding carboxylic acids is 1. The molecule has 0 spiro atoms. The Labute approximate surface area is 121 Å². The number of benzene rings is 1. The Hall–Kier alpha value is -0.540. The molecule has 0 N–H and O–H groups in total. The lowest BCUT2D eigenvalue weighted by Crippen LogP contribution is -2.31. The smallest absolute Gasteiger partial charge is 0.253 e. The molecule has 2 rings (SSSR count). The first-order chi connectivity index (χ1) is 8.58. The summed E-state index contributed by atoms with van der Waals surface area (Å²) in [5, 5.41) is 0.587. The van der Waals surface area contributed by atoms with E-state index >= 15 is 0 Å². The predicted molar refractivity (Wildman–Crippen MR) is 78.1 cm³/mol. The molecule has 0 aliphatic carbocycles. The highest BCUT2D eigenvalue weighted by Crippen LogP contribution is 2.25. The van der Waals surface area contributed by atoms with Gasteiger partial charge < -0.3 is 4.90 Å². The van der Waals surface area contributed by atoms with Crippen molar-refractivity contribution in [3.05, 3.63) is 33.3 Å². The van der Waals surface area contributed by atoms with Gasteiger partial charge in [-0.1, -0.05) is 18.5 Å². The highest BCUT2D eigenvalue weighted by molar-refractivity contribution is 9.10. The normalized spacial score (nSPS) is 20.6. The number of nitrogens with zero attached hydrogens (tertiary/aromatic N) is 1. The third-order valence-corrected chi connectivity index (χ3v) is 4.70. The largest absolute Gasteiger partial charge is 0.339 e. The number of halogens is 2. The molecule has 0 radical (unpaired) electrons. The Kier molecular flexibility index (Phi) is 4.68. The van der Waals surface area contributed by atoms with Crippen LogP contribution in [0.2, 0.25) is 5.02 Å². The minimum absolute atomic E-state index is 0.0958. The number of amides is 1. The first kappa shape index (κ1) is 13.9. The molecule has 1 heterocycles. The molecule has 1 atom stereocenters. The summed E-state index contributed by atoms with van der Waals surface area (Å²) in [5.74, 6) is 0.815. The quantitative estimate of drug-likeness (QED) is 0.749. The Bertz CT molecular complexity index is 449. The summed E-state index contributed by atoms with van der Waals surface area (Å²) in [5.41, 5.74) is 0.678. The fourth-order valence-electron chi connectivity index (χ4n) is 2.28. The summed E-state index contributed by atoms with van der Waals surface area (Å²) in [6.07, 6.45) is 3.40. The molecule has 1 saturated heterocycles. The van der Waals surface area contributed by atoms with Crippen LogP contribution in [0, 0.1) is 5.92 Å². The second kappa shape index (κ2) is 6.07. The van der Waals surface area contributed by atoms with Crippen LogP contribution in [0.25, 0.3) is 0 Å². The predicted octanol–water partition coefficient (Wildman–Crippen LogP) is 4.36. The van der Waals surface area contributed by atoms with Crippen LogP contribution in [-0.2, 0) is 0 Å². The lowest BCUT2D eigenvalue weighted by molar-refractivity contribution is 0.0760. The van der Waals surface area contributed by atoms with Gasteiger partial charge in [0.25, 0.3) is 5.91 Å². The fraction of sp³-hybridized carbons (Fsp3) is 0.500. The molecule has 0 saturated carbocycles. The molecule has 1 aromatic rings. The molecule has 1 unspecified atom stereocenters. The van der Waals surface area contributed by atoms with Gasteiger partial charge in [-0.3, -0.25) is 4.79 Å². The van der Waals surface area contributed by atoms with Crippen LogP contribution in [0.15, 0.2) is 22.7 Å². The van der Waals surface area contributed by atoms with Crippen molar-refractivity contribution >= 4 is 33.4 Å². The molecule has 1 aliphatic heterocycles. The molecule has 0 bridgehead atoms. The second-order valence-corrected chi connectivity index (χ2v) is 6.22. The minimum atomic E-state index is 0.0958. The van der Waals surface area contributed by atoms with Gasteiger partial charge in [0.15, 0.2) is 0 Å². The van der Waals surface area contributed by atoms with Crippen molar-refractivity contribution in [2.24, 2.45) is 5.92 Å². The zero-order valence-electron chi connectivity index (χ0n) is 10.5. The number of rotatable bonds is 1. The van der Waals surface area contributed by atoms with Crippen LogP contribution in [0.1, 0.15) is 36.5 Å². The van der Waals surface area contributed by atoms with E-state index in [1.54, 1.807) is 6.07 Å². The summed E-state index contributed by atoms with van der Waals surface area (Å²) in [4.78, 5) is 14.3.